The van der Waals surface area contributed by atoms with Crippen molar-refractivity contribution in [1.29, 1.82) is 0 Å². The van der Waals surface area contributed by atoms with E-state index in [0.29, 0.717) is 67.0 Å². The van der Waals surface area contributed by atoms with E-state index < -0.39 is 15.9 Å². The van der Waals surface area contributed by atoms with Crippen LogP contribution in [0.5, 0.6) is 11.5 Å². The summed E-state index contributed by atoms with van der Waals surface area (Å²) in [4.78, 5) is 27.1. The van der Waals surface area contributed by atoms with Gasteiger partial charge in [-0.05, 0) is 70.6 Å². The minimum atomic E-state index is -3.87. The fourth-order valence-electron chi connectivity index (χ4n) is 4.93. The molecule has 0 bridgehead atoms. The fraction of sp³-hybridized carbons (Fsp3) is 0.440. The molecule has 1 fully saturated rings. The lowest BCUT2D eigenvalue weighted by atomic mass is 9.98. The summed E-state index contributed by atoms with van der Waals surface area (Å²) in [7, 11) is -3.87. The van der Waals surface area contributed by atoms with E-state index >= 15 is 0 Å². The van der Waals surface area contributed by atoms with Crippen molar-refractivity contribution in [2.45, 2.75) is 44.0 Å². The Morgan fingerprint density at radius 2 is 1.94 bits per heavy atom. The Kier molecular flexibility index (Phi) is 6.97. The zero-order valence-corrected chi connectivity index (χ0v) is 22.4. The zero-order valence-electron chi connectivity index (χ0n) is 20.0. The molecule has 2 aromatic carbocycles. The molecule has 192 valence electrons. The highest BCUT2D eigenvalue weighted by Crippen LogP contribution is 2.38. The average Bonchev–Trinajstić information content (AvgIpc) is 3.52. The minimum Gasteiger partial charge on any atom is -0.454 e. The van der Waals surface area contributed by atoms with Crippen LogP contribution in [0.25, 0.3) is 0 Å². The second kappa shape index (κ2) is 10.0. The summed E-state index contributed by atoms with van der Waals surface area (Å²) in [6.45, 7) is 3.29. The second-order valence-electron chi connectivity index (χ2n) is 9.17. The molecule has 5 rings (SSSR count). The summed E-state index contributed by atoms with van der Waals surface area (Å²) in [5.41, 5.74) is 2.47. The van der Waals surface area contributed by atoms with Gasteiger partial charge in [0.15, 0.2) is 11.5 Å². The molecule has 1 saturated heterocycles. The van der Waals surface area contributed by atoms with Crippen LogP contribution in [0.3, 0.4) is 0 Å². The van der Waals surface area contributed by atoms with E-state index in [1.165, 1.54) is 4.31 Å². The standard InChI is InChI=1S/C25H28BrN3O6S/c1-2-24(30)29-9-7-17-11-19(26)23(12-20(17)29)36(32,33)28-8-3-4-18(14-28)25(31)27-13-16-5-6-21-22(10-16)35-15-34-21/h5-6,10-12,18H,2-4,7-9,13-15H2,1H3,(H,27,31)/t18-/m0/s1. The Hall–Kier alpha value is -2.63. The van der Waals surface area contributed by atoms with Crippen LogP contribution in [0.2, 0.25) is 0 Å². The van der Waals surface area contributed by atoms with Crippen molar-refractivity contribution in [3.05, 3.63) is 45.9 Å². The van der Waals surface area contributed by atoms with Crippen LogP contribution in [-0.2, 0) is 32.6 Å². The number of amides is 2. The first-order valence-electron chi connectivity index (χ1n) is 12.1. The second-order valence-corrected chi connectivity index (χ2v) is 11.9. The van der Waals surface area contributed by atoms with Crippen molar-refractivity contribution >= 4 is 43.5 Å². The van der Waals surface area contributed by atoms with E-state index in [1.807, 2.05) is 18.2 Å². The van der Waals surface area contributed by atoms with Gasteiger partial charge in [-0.25, -0.2) is 8.42 Å². The average molecular weight is 578 g/mol. The Labute approximate surface area is 218 Å². The number of benzene rings is 2. The maximum atomic E-state index is 13.6. The SMILES string of the molecule is CCC(=O)N1CCc2cc(Br)c(S(=O)(=O)N3CCC[C@H](C(=O)NCc4ccc5c(c4)OCO5)C3)cc21. The van der Waals surface area contributed by atoms with Crippen molar-refractivity contribution < 1.29 is 27.5 Å². The first-order valence-corrected chi connectivity index (χ1v) is 14.3. The van der Waals surface area contributed by atoms with E-state index in [0.717, 1.165) is 11.1 Å². The topological polar surface area (TPSA) is 105 Å². The molecule has 1 atom stereocenters. The Morgan fingerprint density at radius 3 is 2.75 bits per heavy atom. The summed E-state index contributed by atoms with van der Waals surface area (Å²) >= 11 is 3.43. The van der Waals surface area contributed by atoms with Crippen LogP contribution >= 0.6 is 15.9 Å². The molecule has 36 heavy (non-hydrogen) atoms. The first-order chi connectivity index (χ1) is 17.3. The summed E-state index contributed by atoms with van der Waals surface area (Å²) in [6.07, 6.45) is 2.25. The number of piperidine rings is 1. The third-order valence-electron chi connectivity index (χ3n) is 6.91. The molecule has 2 amide bonds. The number of sulfonamides is 1. The van der Waals surface area contributed by atoms with Gasteiger partial charge in [0, 0.05) is 42.8 Å². The van der Waals surface area contributed by atoms with Gasteiger partial charge in [0.1, 0.15) is 0 Å². The molecule has 3 aliphatic heterocycles. The number of carbonyl (C=O) groups excluding carboxylic acids is 2. The van der Waals surface area contributed by atoms with E-state index in [2.05, 4.69) is 21.2 Å². The maximum absolute atomic E-state index is 13.6. The lowest BCUT2D eigenvalue weighted by Gasteiger charge is -2.31. The van der Waals surface area contributed by atoms with E-state index in [4.69, 9.17) is 9.47 Å². The molecule has 11 heteroatoms. The number of fused-ring (bicyclic) bond motifs is 2. The van der Waals surface area contributed by atoms with Crippen molar-refractivity contribution in [3.63, 3.8) is 0 Å². The van der Waals surface area contributed by atoms with Gasteiger partial charge in [0.05, 0.1) is 10.8 Å². The lowest BCUT2D eigenvalue weighted by molar-refractivity contribution is -0.126. The van der Waals surface area contributed by atoms with Gasteiger partial charge >= 0.3 is 0 Å². The van der Waals surface area contributed by atoms with E-state index in [1.54, 1.807) is 24.0 Å². The van der Waals surface area contributed by atoms with Crippen molar-refractivity contribution in [2.75, 3.05) is 31.3 Å². The molecular formula is C25H28BrN3O6S. The zero-order chi connectivity index (χ0) is 25.4. The molecule has 3 aliphatic rings. The van der Waals surface area contributed by atoms with Crippen LogP contribution in [0.1, 0.15) is 37.3 Å². The van der Waals surface area contributed by atoms with E-state index in [9.17, 15) is 18.0 Å². The summed E-state index contributed by atoms with van der Waals surface area (Å²) in [5.74, 6) is 0.666. The molecule has 0 aromatic heterocycles. The van der Waals surface area contributed by atoms with Crippen LogP contribution < -0.4 is 19.7 Å². The minimum absolute atomic E-state index is 0.0309. The monoisotopic (exact) mass is 577 g/mol. The lowest BCUT2D eigenvalue weighted by Crippen LogP contribution is -2.45. The highest BCUT2D eigenvalue weighted by atomic mass is 79.9. The van der Waals surface area contributed by atoms with Crippen LogP contribution in [-0.4, -0.2) is 51.0 Å². The number of anilines is 1. The molecule has 0 unspecified atom stereocenters. The maximum Gasteiger partial charge on any atom is 0.244 e. The summed E-state index contributed by atoms with van der Waals surface area (Å²) in [6, 6.07) is 8.90. The van der Waals surface area contributed by atoms with Crippen molar-refractivity contribution in [3.8, 4) is 11.5 Å². The third kappa shape index (κ3) is 4.71. The highest BCUT2D eigenvalue weighted by Gasteiger charge is 2.36. The number of nitrogens with zero attached hydrogens (tertiary/aromatic N) is 2. The van der Waals surface area contributed by atoms with Crippen molar-refractivity contribution in [2.24, 2.45) is 5.92 Å². The van der Waals surface area contributed by atoms with Gasteiger partial charge in [-0.3, -0.25) is 9.59 Å². The van der Waals surface area contributed by atoms with Gasteiger partial charge in [-0.1, -0.05) is 13.0 Å². The Morgan fingerprint density at radius 1 is 1.14 bits per heavy atom. The summed E-state index contributed by atoms with van der Waals surface area (Å²) in [5, 5.41) is 2.93. The normalized spacial score (nSPS) is 19.3. The number of halogens is 1. The fourth-order valence-corrected chi connectivity index (χ4v) is 7.53. The molecule has 1 N–H and O–H groups in total. The Bertz CT molecular complexity index is 1320. The molecule has 0 saturated carbocycles. The van der Waals surface area contributed by atoms with Gasteiger partial charge in [-0.2, -0.15) is 4.31 Å². The predicted octanol–water partition coefficient (Wildman–Crippen LogP) is 3.19. The molecule has 2 aromatic rings. The third-order valence-corrected chi connectivity index (χ3v) is 9.73. The van der Waals surface area contributed by atoms with Gasteiger partial charge in [0.25, 0.3) is 0 Å². The van der Waals surface area contributed by atoms with Gasteiger partial charge in [-0.15, -0.1) is 0 Å². The molecule has 0 aliphatic carbocycles. The number of rotatable bonds is 6. The quantitative estimate of drug-likeness (QED) is 0.565. The number of carbonyl (C=O) groups is 2. The molecule has 3 heterocycles. The largest absolute Gasteiger partial charge is 0.454 e. The van der Waals surface area contributed by atoms with Gasteiger partial charge < -0.3 is 19.7 Å². The molecular weight excluding hydrogens is 550 g/mol. The van der Waals surface area contributed by atoms with Crippen molar-refractivity contribution in [1.82, 2.24) is 9.62 Å². The van der Waals surface area contributed by atoms with Crippen LogP contribution in [0.4, 0.5) is 5.69 Å². The molecule has 0 radical (unpaired) electrons. The molecule has 9 nitrogen and oxygen atoms in total. The Balaban J connectivity index is 1.29. The first kappa shape index (κ1) is 25.0. The van der Waals surface area contributed by atoms with Crippen LogP contribution in [0, 0.1) is 5.92 Å². The van der Waals surface area contributed by atoms with E-state index in [-0.39, 0.29) is 30.0 Å². The number of hydrogen-bond acceptors (Lipinski definition) is 6. The number of ether oxygens (including phenoxy) is 2. The smallest absolute Gasteiger partial charge is 0.244 e. The highest BCUT2D eigenvalue weighted by molar-refractivity contribution is 9.10. The number of hydrogen-bond donors (Lipinski definition) is 1. The van der Waals surface area contributed by atoms with Gasteiger partial charge in [0.2, 0.25) is 28.6 Å². The summed E-state index contributed by atoms with van der Waals surface area (Å²) < 4.78 is 39.8. The van der Waals surface area contributed by atoms with Crippen LogP contribution in [0.15, 0.2) is 39.7 Å². The molecule has 0 spiro atoms. The number of nitrogens with one attached hydrogen (secondary N) is 1. The predicted molar refractivity (Wildman–Crippen MR) is 136 cm³/mol.